The van der Waals surface area contributed by atoms with Crippen LogP contribution in [0.3, 0.4) is 0 Å². The van der Waals surface area contributed by atoms with E-state index in [4.69, 9.17) is 4.74 Å². The zero-order valence-corrected chi connectivity index (χ0v) is 12.1. The molecule has 0 spiro atoms. The maximum atomic E-state index is 11.3. The number of halogens is 3. The topological polar surface area (TPSA) is 26.3 Å². The minimum absolute atomic E-state index is 0.0350. The average Bonchev–Trinajstić information content (AvgIpc) is 2.00. The molecule has 2 nitrogen and oxygen atoms in total. The minimum atomic E-state index is -0.374. The summed E-state index contributed by atoms with van der Waals surface area (Å²) in [4.78, 5) is 11.1. The molecule has 5 heteroatoms. The Kier molecular flexibility index (Phi) is 6.50. The predicted molar refractivity (Wildman–Crippen MR) is 64.7 cm³/mol. The molecule has 0 aliphatic carbocycles. The molecule has 0 heterocycles. The third-order valence-corrected chi connectivity index (χ3v) is 4.72. The van der Waals surface area contributed by atoms with Crippen molar-refractivity contribution in [1.29, 1.82) is 0 Å². The zero-order valence-electron chi connectivity index (χ0n) is 7.39. The van der Waals surface area contributed by atoms with Gasteiger partial charge in [-0.05, 0) is 13.8 Å². The standard InChI is InChI=1S/C8H11Br3O2/c1-4(2)13-8(12)5(3)6(9)7(10)11/h4,6-7H,3H2,1-2H3. The smallest absolute Gasteiger partial charge is 0.334 e. The molecule has 0 aliphatic rings. The van der Waals surface area contributed by atoms with Crippen molar-refractivity contribution in [1.82, 2.24) is 0 Å². The lowest BCUT2D eigenvalue weighted by Gasteiger charge is -2.15. The Morgan fingerprint density at radius 2 is 1.77 bits per heavy atom. The third-order valence-electron chi connectivity index (χ3n) is 1.16. The van der Waals surface area contributed by atoms with Crippen LogP contribution in [-0.4, -0.2) is 20.6 Å². The quantitative estimate of drug-likeness (QED) is 0.426. The second kappa shape index (κ2) is 6.19. The molecule has 0 bridgehead atoms. The highest BCUT2D eigenvalue weighted by Crippen LogP contribution is 2.26. The van der Waals surface area contributed by atoms with Gasteiger partial charge in [0.1, 0.15) is 0 Å². The van der Waals surface area contributed by atoms with E-state index in [0.717, 1.165) is 0 Å². The molecule has 0 N–H and O–H groups in total. The molecule has 13 heavy (non-hydrogen) atoms. The number of alkyl halides is 3. The number of carbonyl (C=O) groups is 1. The third kappa shape index (κ3) is 5.18. The fourth-order valence-corrected chi connectivity index (χ4v) is 1.38. The Hall–Kier alpha value is 0.650. The van der Waals surface area contributed by atoms with Gasteiger partial charge in [0.25, 0.3) is 0 Å². The van der Waals surface area contributed by atoms with Gasteiger partial charge in [0, 0.05) is 5.57 Å². The lowest BCUT2D eigenvalue weighted by Crippen LogP contribution is -2.21. The highest BCUT2D eigenvalue weighted by atomic mass is 79.9. The molecule has 0 aromatic rings. The maximum absolute atomic E-state index is 11.3. The number of rotatable bonds is 4. The molecule has 0 radical (unpaired) electrons. The van der Waals surface area contributed by atoms with Gasteiger partial charge >= 0.3 is 5.97 Å². The van der Waals surface area contributed by atoms with Gasteiger partial charge in [0.05, 0.1) is 14.7 Å². The Morgan fingerprint density at radius 3 is 2.08 bits per heavy atom. The Bertz CT molecular complexity index is 202. The summed E-state index contributed by atoms with van der Waals surface area (Å²) in [5.74, 6) is -0.374. The fraction of sp³-hybridized carbons (Fsp3) is 0.625. The van der Waals surface area contributed by atoms with Crippen LogP contribution in [0.15, 0.2) is 12.2 Å². The lowest BCUT2D eigenvalue weighted by atomic mass is 10.2. The molecule has 0 saturated heterocycles. The van der Waals surface area contributed by atoms with Crippen LogP contribution in [0.4, 0.5) is 0 Å². The molecule has 0 saturated carbocycles. The first-order chi connectivity index (χ1) is 5.86. The van der Waals surface area contributed by atoms with E-state index < -0.39 is 0 Å². The minimum Gasteiger partial charge on any atom is -0.460 e. The average molecular weight is 379 g/mol. The number of hydrogen-bond donors (Lipinski definition) is 0. The molecule has 1 unspecified atom stereocenters. The van der Waals surface area contributed by atoms with E-state index in [9.17, 15) is 4.79 Å². The summed E-state index contributed by atoms with van der Waals surface area (Å²) >= 11 is 9.86. The highest BCUT2D eigenvalue weighted by Gasteiger charge is 2.23. The predicted octanol–water partition coefficient (Wildman–Crippen LogP) is 3.37. The molecule has 0 aliphatic heterocycles. The van der Waals surface area contributed by atoms with Crippen molar-refractivity contribution in [3.05, 3.63) is 12.2 Å². The lowest BCUT2D eigenvalue weighted by molar-refractivity contribution is -0.142. The Balaban J connectivity index is 4.18. The van der Waals surface area contributed by atoms with E-state index >= 15 is 0 Å². The fourth-order valence-electron chi connectivity index (χ4n) is 0.554. The molecule has 0 amide bonds. The van der Waals surface area contributed by atoms with Crippen LogP contribution in [0.25, 0.3) is 0 Å². The van der Waals surface area contributed by atoms with Crippen molar-refractivity contribution in [3.63, 3.8) is 0 Å². The summed E-state index contributed by atoms with van der Waals surface area (Å²) in [5, 5.41) is 0. The first-order valence-electron chi connectivity index (χ1n) is 3.68. The SMILES string of the molecule is C=C(C(=O)OC(C)C)C(Br)C(Br)Br. The first-order valence-corrected chi connectivity index (χ1v) is 6.43. The highest BCUT2D eigenvalue weighted by molar-refractivity contribution is 9.25. The molecule has 0 aromatic heterocycles. The summed E-state index contributed by atoms with van der Waals surface area (Å²) in [7, 11) is 0. The van der Waals surface area contributed by atoms with Crippen LogP contribution in [0.2, 0.25) is 0 Å². The molecule has 0 aromatic carbocycles. The van der Waals surface area contributed by atoms with Gasteiger partial charge in [-0.1, -0.05) is 54.4 Å². The molecule has 0 fully saturated rings. The van der Waals surface area contributed by atoms with Crippen LogP contribution in [0.5, 0.6) is 0 Å². The van der Waals surface area contributed by atoms with E-state index in [1.165, 1.54) is 0 Å². The summed E-state index contributed by atoms with van der Waals surface area (Å²) < 4.78 is 4.94. The molecule has 0 rings (SSSR count). The van der Waals surface area contributed by atoms with E-state index in [-0.39, 0.29) is 20.6 Å². The van der Waals surface area contributed by atoms with Gasteiger partial charge in [-0.3, -0.25) is 0 Å². The van der Waals surface area contributed by atoms with Crippen LogP contribution < -0.4 is 0 Å². The van der Waals surface area contributed by atoms with E-state index in [1.54, 1.807) is 13.8 Å². The van der Waals surface area contributed by atoms with Crippen molar-refractivity contribution in [3.8, 4) is 0 Å². The Morgan fingerprint density at radius 1 is 1.31 bits per heavy atom. The van der Waals surface area contributed by atoms with Gasteiger partial charge in [0.2, 0.25) is 0 Å². The summed E-state index contributed by atoms with van der Waals surface area (Å²) in [5.41, 5.74) is 0.396. The van der Waals surface area contributed by atoms with Gasteiger partial charge in [-0.2, -0.15) is 0 Å². The van der Waals surface area contributed by atoms with Gasteiger partial charge in [-0.25, -0.2) is 4.79 Å². The van der Waals surface area contributed by atoms with Crippen molar-refractivity contribution >= 4 is 53.8 Å². The number of carbonyl (C=O) groups excluding carboxylic acids is 1. The van der Waals surface area contributed by atoms with Gasteiger partial charge in [-0.15, -0.1) is 0 Å². The van der Waals surface area contributed by atoms with E-state index in [1.807, 2.05) is 0 Å². The van der Waals surface area contributed by atoms with Crippen molar-refractivity contribution in [2.45, 2.75) is 28.5 Å². The van der Waals surface area contributed by atoms with Crippen molar-refractivity contribution in [2.75, 3.05) is 0 Å². The van der Waals surface area contributed by atoms with E-state index in [2.05, 4.69) is 54.4 Å². The zero-order chi connectivity index (χ0) is 10.6. The van der Waals surface area contributed by atoms with Crippen LogP contribution >= 0.6 is 47.8 Å². The molecular weight excluding hydrogens is 368 g/mol. The Labute approximate surface area is 103 Å². The van der Waals surface area contributed by atoms with Crippen LogP contribution in [0.1, 0.15) is 13.8 Å². The van der Waals surface area contributed by atoms with Gasteiger partial charge < -0.3 is 4.74 Å². The second-order valence-electron chi connectivity index (χ2n) is 2.72. The van der Waals surface area contributed by atoms with Crippen molar-refractivity contribution < 1.29 is 9.53 Å². The van der Waals surface area contributed by atoms with Crippen molar-refractivity contribution in [2.24, 2.45) is 0 Å². The molecular formula is C8H11Br3O2. The van der Waals surface area contributed by atoms with Crippen LogP contribution in [-0.2, 0) is 9.53 Å². The molecule has 1 atom stereocenters. The van der Waals surface area contributed by atoms with Crippen LogP contribution in [0, 0.1) is 0 Å². The summed E-state index contributed by atoms with van der Waals surface area (Å²) in [6.07, 6.45) is -0.118. The normalized spacial score (nSPS) is 13.2. The maximum Gasteiger partial charge on any atom is 0.334 e. The number of hydrogen-bond acceptors (Lipinski definition) is 2. The molecule has 76 valence electrons. The van der Waals surface area contributed by atoms with E-state index in [0.29, 0.717) is 5.57 Å². The van der Waals surface area contributed by atoms with Gasteiger partial charge in [0.15, 0.2) is 0 Å². The second-order valence-corrected chi connectivity index (χ2v) is 6.90. The summed E-state index contributed by atoms with van der Waals surface area (Å²) in [6, 6.07) is 0. The summed E-state index contributed by atoms with van der Waals surface area (Å²) in [6.45, 7) is 7.25. The number of ether oxygens (including phenoxy) is 1. The number of esters is 1. The first kappa shape index (κ1) is 13.7. The largest absolute Gasteiger partial charge is 0.460 e. The monoisotopic (exact) mass is 376 g/mol.